The number of carbonyl (C=O) groups excluding carboxylic acids is 1. The third kappa shape index (κ3) is 3.57. The standard InChI is InChI=1S/C15H15N3O4/c1-17-9-11(14(20)18(2)15(17)21)6-7-13(19)22-10-12-5-3-4-8-16-12/h3-9H,10H2,1-2H3/b7-6+. The Morgan fingerprint density at radius 2 is 2.09 bits per heavy atom. The summed E-state index contributed by atoms with van der Waals surface area (Å²) in [5.41, 5.74) is -0.0570. The molecular formula is C15H15N3O4. The fourth-order valence-electron chi connectivity index (χ4n) is 1.79. The van der Waals surface area contributed by atoms with Gasteiger partial charge in [0, 0.05) is 32.6 Å². The van der Waals surface area contributed by atoms with E-state index in [4.69, 9.17) is 4.74 Å². The number of hydrogen-bond acceptors (Lipinski definition) is 5. The van der Waals surface area contributed by atoms with Crippen LogP contribution in [0.2, 0.25) is 0 Å². The molecule has 0 aliphatic carbocycles. The van der Waals surface area contributed by atoms with E-state index < -0.39 is 17.2 Å². The van der Waals surface area contributed by atoms with Crippen LogP contribution in [0.4, 0.5) is 0 Å². The zero-order valence-corrected chi connectivity index (χ0v) is 12.2. The van der Waals surface area contributed by atoms with Gasteiger partial charge in [-0.3, -0.25) is 14.3 Å². The van der Waals surface area contributed by atoms with Crippen LogP contribution >= 0.6 is 0 Å². The molecule has 0 saturated heterocycles. The van der Waals surface area contributed by atoms with E-state index >= 15 is 0 Å². The lowest BCUT2D eigenvalue weighted by molar-refractivity contribution is -0.139. The Balaban J connectivity index is 2.07. The van der Waals surface area contributed by atoms with Crippen molar-refractivity contribution in [2.45, 2.75) is 6.61 Å². The number of nitrogens with zero attached hydrogens (tertiary/aromatic N) is 3. The molecule has 2 rings (SSSR count). The average molecular weight is 301 g/mol. The molecule has 0 atom stereocenters. The average Bonchev–Trinajstić information content (AvgIpc) is 2.54. The number of hydrogen-bond donors (Lipinski definition) is 0. The van der Waals surface area contributed by atoms with Crippen molar-refractivity contribution in [2.75, 3.05) is 0 Å². The molecule has 0 N–H and O–H groups in total. The monoisotopic (exact) mass is 301 g/mol. The number of aryl methyl sites for hydroxylation is 1. The molecule has 0 radical (unpaired) electrons. The number of pyridine rings is 1. The Hall–Kier alpha value is -2.96. The highest BCUT2D eigenvalue weighted by Crippen LogP contribution is 1.98. The first-order chi connectivity index (χ1) is 10.5. The fraction of sp³-hybridized carbons (Fsp3) is 0.200. The van der Waals surface area contributed by atoms with Gasteiger partial charge >= 0.3 is 11.7 Å². The second-order valence-electron chi connectivity index (χ2n) is 4.60. The van der Waals surface area contributed by atoms with Gasteiger partial charge in [-0.25, -0.2) is 9.59 Å². The van der Waals surface area contributed by atoms with Crippen molar-refractivity contribution in [3.8, 4) is 0 Å². The second-order valence-corrected chi connectivity index (χ2v) is 4.60. The number of ether oxygens (including phenoxy) is 1. The fourth-order valence-corrected chi connectivity index (χ4v) is 1.79. The van der Waals surface area contributed by atoms with E-state index in [1.807, 2.05) is 0 Å². The van der Waals surface area contributed by atoms with E-state index in [0.717, 1.165) is 10.6 Å². The van der Waals surface area contributed by atoms with Gasteiger partial charge in [0.1, 0.15) is 6.61 Å². The van der Waals surface area contributed by atoms with Crippen LogP contribution in [0.15, 0.2) is 46.3 Å². The lowest BCUT2D eigenvalue weighted by atomic mass is 10.3. The van der Waals surface area contributed by atoms with E-state index in [2.05, 4.69) is 4.98 Å². The first kappa shape index (κ1) is 15.4. The smallest absolute Gasteiger partial charge is 0.331 e. The molecule has 0 unspecified atom stereocenters. The first-order valence-electron chi connectivity index (χ1n) is 6.50. The minimum absolute atomic E-state index is 0.0509. The summed E-state index contributed by atoms with van der Waals surface area (Å²) in [6.07, 6.45) is 5.44. The van der Waals surface area contributed by atoms with Crippen molar-refractivity contribution in [3.63, 3.8) is 0 Å². The van der Waals surface area contributed by atoms with Crippen molar-refractivity contribution < 1.29 is 9.53 Å². The minimum atomic E-state index is -0.596. The summed E-state index contributed by atoms with van der Waals surface area (Å²) < 4.78 is 7.24. The Kier molecular flexibility index (Phi) is 4.67. The third-order valence-electron chi connectivity index (χ3n) is 2.96. The summed E-state index contributed by atoms with van der Waals surface area (Å²) in [6.45, 7) is 0.0509. The van der Waals surface area contributed by atoms with Gasteiger partial charge in [0.05, 0.1) is 11.3 Å². The highest BCUT2D eigenvalue weighted by Gasteiger charge is 2.05. The topological polar surface area (TPSA) is 83.2 Å². The quantitative estimate of drug-likeness (QED) is 0.596. The van der Waals surface area contributed by atoms with Gasteiger partial charge in [0.25, 0.3) is 5.56 Å². The summed E-state index contributed by atoms with van der Waals surface area (Å²) in [7, 11) is 2.90. The largest absolute Gasteiger partial charge is 0.456 e. The van der Waals surface area contributed by atoms with Crippen LogP contribution in [0.1, 0.15) is 11.3 Å². The van der Waals surface area contributed by atoms with E-state index in [-0.39, 0.29) is 12.2 Å². The van der Waals surface area contributed by atoms with Crippen molar-refractivity contribution in [3.05, 3.63) is 68.8 Å². The molecule has 0 bridgehead atoms. The van der Waals surface area contributed by atoms with E-state index in [1.165, 1.54) is 30.9 Å². The summed E-state index contributed by atoms with van der Waals surface area (Å²) in [6, 6.07) is 5.29. The van der Waals surface area contributed by atoms with Gasteiger partial charge in [-0.1, -0.05) is 6.07 Å². The van der Waals surface area contributed by atoms with Gasteiger partial charge in [-0.15, -0.1) is 0 Å². The third-order valence-corrected chi connectivity index (χ3v) is 2.96. The first-order valence-corrected chi connectivity index (χ1v) is 6.50. The molecule has 2 heterocycles. The maximum atomic E-state index is 11.9. The predicted molar refractivity (Wildman–Crippen MR) is 80.0 cm³/mol. The Bertz CT molecular complexity index is 819. The zero-order chi connectivity index (χ0) is 16.1. The second kappa shape index (κ2) is 6.66. The zero-order valence-electron chi connectivity index (χ0n) is 12.2. The summed E-state index contributed by atoms with van der Waals surface area (Å²) in [4.78, 5) is 39.1. The number of esters is 1. The molecule has 2 aromatic rings. The minimum Gasteiger partial charge on any atom is -0.456 e. The molecule has 7 heteroatoms. The maximum Gasteiger partial charge on any atom is 0.331 e. The number of rotatable bonds is 4. The molecule has 114 valence electrons. The van der Waals surface area contributed by atoms with Crippen molar-refractivity contribution in [2.24, 2.45) is 14.1 Å². The Morgan fingerprint density at radius 1 is 1.32 bits per heavy atom. The molecule has 0 spiro atoms. The Morgan fingerprint density at radius 3 is 2.77 bits per heavy atom. The van der Waals surface area contributed by atoms with Gasteiger partial charge < -0.3 is 9.30 Å². The molecule has 0 amide bonds. The molecular weight excluding hydrogens is 286 g/mol. The highest BCUT2D eigenvalue weighted by atomic mass is 16.5. The van der Waals surface area contributed by atoms with Crippen molar-refractivity contribution >= 4 is 12.0 Å². The summed E-state index contributed by atoms with van der Waals surface area (Å²) in [5, 5.41) is 0. The van der Waals surface area contributed by atoms with Crippen LogP contribution in [0.25, 0.3) is 6.08 Å². The van der Waals surface area contributed by atoms with Gasteiger partial charge in [-0.2, -0.15) is 0 Å². The highest BCUT2D eigenvalue weighted by molar-refractivity contribution is 5.86. The van der Waals surface area contributed by atoms with Crippen molar-refractivity contribution in [1.29, 1.82) is 0 Å². The normalized spacial score (nSPS) is 10.8. The number of aromatic nitrogens is 3. The summed E-state index contributed by atoms with van der Waals surface area (Å²) in [5.74, 6) is -0.596. The molecule has 0 aliphatic heterocycles. The van der Waals surface area contributed by atoms with Crippen LogP contribution in [0.5, 0.6) is 0 Å². The molecule has 0 aromatic carbocycles. The molecule has 7 nitrogen and oxygen atoms in total. The van der Waals surface area contributed by atoms with E-state index in [1.54, 1.807) is 24.4 Å². The number of carbonyl (C=O) groups is 1. The van der Waals surface area contributed by atoms with E-state index in [9.17, 15) is 14.4 Å². The molecule has 0 aliphatic rings. The Labute approximate surface area is 126 Å². The van der Waals surface area contributed by atoms with Crippen LogP contribution in [0.3, 0.4) is 0 Å². The molecule has 2 aromatic heterocycles. The summed E-state index contributed by atoms with van der Waals surface area (Å²) >= 11 is 0. The molecule has 0 fully saturated rings. The lowest BCUT2D eigenvalue weighted by Crippen LogP contribution is -2.37. The predicted octanol–water partition coefficient (Wildman–Crippen LogP) is 0.236. The van der Waals surface area contributed by atoms with Crippen LogP contribution in [-0.4, -0.2) is 20.1 Å². The van der Waals surface area contributed by atoms with Gasteiger partial charge in [-0.05, 0) is 18.2 Å². The van der Waals surface area contributed by atoms with Crippen LogP contribution in [0, 0.1) is 0 Å². The van der Waals surface area contributed by atoms with Crippen molar-refractivity contribution in [1.82, 2.24) is 14.1 Å². The molecule has 22 heavy (non-hydrogen) atoms. The molecule has 0 saturated carbocycles. The van der Waals surface area contributed by atoms with Gasteiger partial charge in [0.2, 0.25) is 0 Å². The van der Waals surface area contributed by atoms with Crippen LogP contribution < -0.4 is 11.2 Å². The van der Waals surface area contributed by atoms with E-state index in [0.29, 0.717) is 5.69 Å². The van der Waals surface area contributed by atoms with Crippen LogP contribution in [-0.2, 0) is 30.2 Å². The van der Waals surface area contributed by atoms with Gasteiger partial charge in [0.15, 0.2) is 0 Å². The SMILES string of the molecule is Cn1cc(/C=C/C(=O)OCc2ccccn2)c(=O)n(C)c1=O. The maximum absolute atomic E-state index is 11.9. The lowest BCUT2D eigenvalue weighted by Gasteiger charge is -2.03.